The molecule has 1 unspecified atom stereocenters. The van der Waals surface area contributed by atoms with Gasteiger partial charge in [0.2, 0.25) is 5.88 Å². The Bertz CT molecular complexity index is 604. The highest BCUT2D eigenvalue weighted by Crippen LogP contribution is 2.20. The van der Waals surface area contributed by atoms with Gasteiger partial charge in [-0.1, -0.05) is 0 Å². The Morgan fingerprint density at radius 2 is 2.00 bits per heavy atom. The van der Waals surface area contributed by atoms with E-state index in [0.717, 1.165) is 25.6 Å². The standard InChI is InChI=1S/C16H17F2N3O/c17-14-5-13(6-15(18)7-14)10-21-4-1-12(9-21)11-22-16-8-19-2-3-20-16/h2-3,5-8,12H,1,4,9-11H2. The summed E-state index contributed by atoms with van der Waals surface area (Å²) in [4.78, 5) is 10.2. The molecule has 1 aromatic carbocycles. The number of halogens is 2. The summed E-state index contributed by atoms with van der Waals surface area (Å²) in [5.41, 5.74) is 0.660. The van der Waals surface area contributed by atoms with Crippen LogP contribution in [0.4, 0.5) is 8.78 Å². The summed E-state index contributed by atoms with van der Waals surface area (Å²) in [6.07, 6.45) is 5.78. The highest BCUT2D eigenvalue weighted by Gasteiger charge is 2.23. The van der Waals surface area contributed by atoms with Crippen molar-refractivity contribution in [2.24, 2.45) is 5.92 Å². The molecule has 2 heterocycles. The first kappa shape index (κ1) is 14.8. The lowest BCUT2D eigenvalue weighted by atomic mass is 10.1. The first-order chi connectivity index (χ1) is 10.7. The number of hydrogen-bond acceptors (Lipinski definition) is 4. The molecule has 1 aliphatic rings. The van der Waals surface area contributed by atoms with Crippen molar-refractivity contribution in [1.82, 2.24) is 14.9 Å². The second-order valence-corrected chi connectivity index (χ2v) is 5.52. The number of nitrogens with zero attached hydrogens (tertiary/aromatic N) is 3. The molecule has 0 bridgehead atoms. The summed E-state index contributed by atoms with van der Waals surface area (Å²) in [5.74, 6) is -0.151. The van der Waals surface area contributed by atoms with Gasteiger partial charge < -0.3 is 4.74 Å². The molecule has 0 amide bonds. The normalized spacial score (nSPS) is 18.5. The number of likely N-dealkylation sites (tertiary alicyclic amines) is 1. The molecule has 1 aliphatic heterocycles. The maximum Gasteiger partial charge on any atom is 0.232 e. The van der Waals surface area contributed by atoms with Crippen LogP contribution >= 0.6 is 0 Å². The van der Waals surface area contributed by atoms with Gasteiger partial charge >= 0.3 is 0 Å². The van der Waals surface area contributed by atoms with Crippen molar-refractivity contribution in [2.75, 3.05) is 19.7 Å². The maximum absolute atomic E-state index is 13.2. The summed E-state index contributed by atoms with van der Waals surface area (Å²) in [5, 5.41) is 0. The highest BCUT2D eigenvalue weighted by atomic mass is 19.1. The fraction of sp³-hybridized carbons (Fsp3) is 0.375. The molecule has 0 N–H and O–H groups in total. The SMILES string of the molecule is Fc1cc(F)cc(CN2CCC(COc3cnccn3)C2)c1. The van der Waals surface area contributed by atoms with Gasteiger partial charge in [0, 0.05) is 37.5 Å². The smallest absolute Gasteiger partial charge is 0.232 e. The van der Waals surface area contributed by atoms with E-state index in [1.54, 1.807) is 18.6 Å². The van der Waals surface area contributed by atoms with E-state index in [0.29, 0.717) is 30.5 Å². The van der Waals surface area contributed by atoms with Gasteiger partial charge in [0.05, 0.1) is 12.8 Å². The van der Waals surface area contributed by atoms with E-state index < -0.39 is 11.6 Å². The molecule has 1 aromatic heterocycles. The minimum atomic E-state index is -0.531. The Balaban J connectivity index is 1.49. The minimum absolute atomic E-state index is 0.389. The predicted octanol–water partition coefficient (Wildman–Crippen LogP) is 2.66. The lowest BCUT2D eigenvalue weighted by Crippen LogP contribution is -2.22. The zero-order valence-corrected chi connectivity index (χ0v) is 12.1. The molecule has 0 radical (unpaired) electrons. The first-order valence-electron chi connectivity index (χ1n) is 7.25. The maximum atomic E-state index is 13.2. The molecule has 0 saturated carbocycles. The van der Waals surface area contributed by atoms with Gasteiger partial charge in [-0.3, -0.25) is 9.88 Å². The van der Waals surface area contributed by atoms with Gasteiger partial charge in [0.25, 0.3) is 0 Å². The van der Waals surface area contributed by atoms with Gasteiger partial charge in [0.1, 0.15) is 11.6 Å². The number of rotatable bonds is 5. The predicted molar refractivity (Wildman–Crippen MR) is 77.3 cm³/mol. The topological polar surface area (TPSA) is 38.2 Å². The van der Waals surface area contributed by atoms with Gasteiger partial charge in [-0.2, -0.15) is 0 Å². The lowest BCUT2D eigenvalue weighted by Gasteiger charge is -2.16. The third kappa shape index (κ3) is 3.98. The molecule has 22 heavy (non-hydrogen) atoms. The van der Waals surface area contributed by atoms with E-state index in [9.17, 15) is 8.78 Å². The zero-order valence-electron chi connectivity index (χ0n) is 12.1. The van der Waals surface area contributed by atoms with Crippen LogP contribution in [0.15, 0.2) is 36.8 Å². The van der Waals surface area contributed by atoms with Crippen molar-refractivity contribution < 1.29 is 13.5 Å². The van der Waals surface area contributed by atoms with Crippen LogP contribution in [-0.4, -0.2) is 34.6 Å². The molecule has 0 spiro atoms. The Hall–Kier alpha value is -2.08. The van der Waals surface area contributed by atoms with Crippen molar-refractivity contribution in [3.63, 3.8) is 0 Å². The molecule has 3 rings (SSSR count). The van der Waals surface area contributed by atoms with Gasteiger partial charge in [-0.05, 0) is 30.7 Å². The second-order valence-electron chi connectivity index (χ2n) is 5.52. The van der Waals surface area contributed by atoms with E-state index in [1.165, 1.54) is 12.1 Å². The fourth-order valence-electron chi connectivity index (χ4n) is 2.72. The lowest BCUT2D eigenvalue weighted by molar-refractivity contribution is 0.231. The van der Waals surface area contributed by atoms with Crippen LogP contribution in [0.25, 0.3) is 0 Å². The average molecular weight is 305 g/mol. The Kier molecular flexibility index (Phi) is 4.58. The van der Waals surface area contributed by atoms with Gasteiger partial charge in [-0.25, -0.2) is 13.8 Å². The van der Waals surface area contributed by atoms with Crippen LogP contribution < -0.4 is 4.74 Å². The van der Waals surface area contributed by atoms with Crippen LogP contribution in [0.2, 0.25) is 0 Å². The van der Waals surface area contributed by atoms with Crippen molar-refractivity contribution >= 4 is 0 Å². The monoisotopic (exact) mass is 305 g/mol. The van der Waals surface area contributed by atoms with E-state index in [1.807, 2.05) is 0 Å². The average Bonchev–Trinajstić information content (AvgIpc) is 2.93. The quantitative estimate of drug-likeness (QED) is 0.851. The van der Waals surface area contributed by atoms with Gasteiger partial charge in [-0.15, -0.1) is 0 Å². The van der Waals surface area contributed by atoms with E-state index in [4.69, 9.17) is 4.74 Å². The van der Waals surface area contributed by atoms with E-state index >= 15 is 0 Å². The fourth-order valence-corrected chi connectivity index (χ4v) is 2.72. The number of ether oxygens (including phenoxy) is 1. The second kappa shape index (κ2) is 6.79. The van der Waals surface area contributed by atoms with Crippen LogP contribution in [-0.2, 0) is 6.54 Å². The molecular weight excluding hydrogens is 288 g/mol. The van der Waals surface area contributed by atoms with Crippen molar-refractivity contribution in [2.45, 2.75) is 13.0 Å². The summed E-state index contributed by atoms with van der Waals surface area (Å²) < 4.78 is 32.0. The molecule has 2 aromatic rings. The first-order valence-corrected chi connectivity index (χ1v) is 7.25. The van der Waals surface area contributed by atoms with E-state index in [-0.39, 0.29) is 0 Å². The molecule has 0 aliphatic carbocycles. The Labute approximate surface area is 127 Å². The summed E-state index contributed by atoms with van der Waals surface area (Å²) in [7, 11) is 0. The van der Waals surface area contributed by atoms with Crippen molar-refractivity contribution in [3.05, 3.63) is 54.0 Å². The highest BCUT2D eigenvalue weighted by molar-refractivity contribution is 5.18. The van der Waals surface area contributed by atoms with Gasteiger partial charge in [0.15, 0.2) is 0 Å². The van der Waals surface area contributed by atoms with Crippen molar-refractivity contribution in [3.8, 4) is 5.88 Å². The third-order valence-electron chi connectivity index (χ3n) is 3.70. The van der Waals surface area contributed by atoms with Crippen LogP contribution in [0.3, 0.4) is 0 Å². The molecule has 1 saturated heterocycles. The number of aromatic nitrogens is 2. The van der Waals surface area contributed by atoms with Crippen LogP contribution in [0, 0.1) is 17.6 Å². The molecular formula is C16H17F2N3O. The summed E-state index contributed by atoms with van der Waals surface area (Å²) in [6, 6.07) is 3.66. The third-order valence-corrected chi connectivity index (χ3v) is 3.70. The molecule has 1 fully saturated rings. The van der Waals surface area contributed by atoms with Crippen LogP contribution in [0.1, 0.15) is 12.0 Å². The summed E-state index contributed by atoms with van der Waals surface area (Å²) in [6.45, 7) is 2.87. The molecule has 6 heteroatoms. The van der Waals surface area contributed by atoms with E-state index in [2.05, 4.69) is 14.9 Å². The zero-order chi connectivity index (χ0) is 15.4. The molecule has 4 nitrogen and oxygen atoms in total. The van der Waals surface area contributed by atoms with Crippen molar-refractivity contribution in [1.29, 1.82) is 0 Å². The Morgan fingerprint density at radius 1 is 1.18 bits per heavy atom. The molecule has 1 atom stereocenters. The minimum Gasteiger partial charge on any atom is -0.476 e. The number of hydrogen-bond donors (Lipinski definition) is 0. The largest absolute Gasteiger partial charge is 0.476 e. The summed E-state index contributed by atoms with van der Waals surface area (Å²) >= 11 is 0. The molecule has 116 valence electrons. The van der Waals surface area contributed by atoms with Crippen LogP contribution in [0.5, 0.6) is 5.88 Å². The Morgan fingerprint density at radius 3 is 2.73 bits per heavy atom. The number of benzene rings is 1.